The first-order valence-corrected chi connectivity index (χ1v) is 9.30. The third-order valence-electron chi connectivity index (χ3n) is 3.70. The first-order valence-electron chi connectivity index (χ1n) is 8.07. The van der Waals surface area contributed by atoms with Crippen molar-refractivity contribution in [1.82, 2.24) is 15.0 Å². The topological polar surface area (TPSA) is 94.4 Å². The maximum absolute atomic E-state index is 12.8. The molecule has 0 aliphatic heterocycles. The minimum Gasteiger partial charge on any atom is -0.487 e. The summed E-state index contributed by atoms with van der Waals surface area (Å²) in [5, 5.41) is 3.46. The van der Waals surface area contributed by atoms with E-state index >= 15 is 0 Å². The first kappa shape index (κ1) is 18.7. The van der Waals surface area contributed by atoms with Gasteiger partial charge in [0.25, 0.3) is 0 Å². The number of nitrogens with zero attached hydrogens (tertiary/aromatic N) is 4. The molecule has 0 saturated heterocycles. The van der Waals surface area contributed by atoms with Gasteiger partial charge in [-0.3, -0.25) is 9.78 Å². The Kier molecular flexibility index (Phi) is 6.22. The number of rotatable bonds is 8. The largest absolute Gasteiger partial charge is 0.487 e. The number of benzene rings is 1. The summed E-state index contributed by atoms with van der Waals surface area (Å²) in [5.41, 5.74) is 1.36. The van der Waals surface area contributed by atoms with Gasteiger partial charge in [-0.2, -0.15) is 0 Å². The Morgan fingerprint density at radius 2 is 2.04 bits per heavy atom. The second-order valence-corrected chi connectivity index (χ2v) is 6.25. The number of ketones is 1. The van der Waals surface area contributed by atoms with Gasteiger partial charge in [-0.1, -0.05) is 35.1 Å². The summed E-state index contributed by atoms with van der Waals surface area (Å²) >= 11 is 1.32. The molecule has 0 aliphatic carbocycles. The minimum absolute atomic E-state index is 0.272. The van der Waals surface area contributed by atoms with Crippen molar-refractivity contribution in [2.75, 3.05) is 6.26 Å². The summed E-state index contributed by atoms with van der Waals surface area (Å²) in [5.74, 6) is 0.0580. The van der Waals surface area contributed by atoms with Crippen molar-refractivity contribution in [2.45, 2.75) is 17.8 Å². The van der Waals surface area contributed by atoms with Gasteiger partial charge in [-0.25, -0.2) is 9.97 Å². The Morgan fingerprint density at radius 3 is 2.78 bits per heavy atom. The normalized spacial score (nSPS) is 11.6. The molecule has 0 amide bonds. The molecule has 8 heteroatoms. The number of carbonyl (C=O) groups excluding carboxylic acids is 1. The van der Waals surface area contributed by atoms with Crippen LogP contribution >= 0.6 is 11.8 Å². The minimum atomic E-state index is -1.23. The Hall–Kier alpha value is -3.13. The van der Waals surface area contributed by atoms with E-state index in [1.807, 2.05) is 24.5 Å². The van der Waals surface area contributed by atoms with Crippen molar-refractivity contribution in [3.63, 3.8) is 0 Å². The van der Waals surface area contributed by atoms with Crippen LogP contribution in [0.5, 0.6) is 5.75 Å². The second-order valence-electron chi connectivity index (χ2n) is 5.48. The molecule has 0 radical (unpaired) electrons. The van der Waals surface area contributed by atoms with E-state index in [-0.39, 0.29) is 12.3 Å². The summed E-state index contributed by atoms with van der Waals surface area (Å²) in [4.78, 5) is 36.5. The van der Waals surface area contributed by atoms with Crippen molar-refractivity contribution in [3.05, 3.63) is 82.8 Å². The van der Waals surface area contributed by atoms with Gasteiger partial charge in [0.05, 0.1) is 11.4 Å². The lowest BCUT2D eigenvalue weighted by Crippen LogP contribution is -2.13. The molecule has 0 bridgehead atoms. The molecular formula is C19H16N4O3S. The van der Waals surface area contributed by atoms with E-state index in [1.165, 1.54) is 24.0 Å². The SMILES string of the molecule is CSc1nccc(C(N=O)C(=O)c2cccc(OCc3ccccn3)c2)n1. The third kappa shape index (κ3) is 4.73. The average Bonchev–Trinajstić information content (AvgIpc) is 2.74. The number of ether oxygens (including phenoxy) is 1. The molecule has 2 heterocycles. The molecular weight excluding hydrogens is 364 g/mol. The molecule has 0 aliphatic rings. The number of Topliss-reactive ketones (excluding diaryl/α,β-unsaturated/α-hetero) is 1. The Balaban J connectivity index is 1.78. The van der Waals surface area contributed by atoms with Crippen LogP contribution in [0.1, 0.15) is 27.8 Å². The van der Waals surface area contributed by atoms with Gasteiger partial charge >= 0.3 is 0 Å². The lowest BCUT2D eigenvalue weighted by atomic mass is 10.0. The van der Waals surface area contributed by atoms with Gasteiger partial charge < -0.3 is 4.74 Å². The van der Waals surface area contributed by atoms with Crippen LogP contribution < -0.4 is 4.74 Å². The summed E-state index contributed by atoms with van der Waals surface area (Å²) in [6, 6.07) is 12.5. The van der Waals surface area contributed by atoms with E-state index in [2.05, 4.69) is 20.1 Å². The zero-order chi connectivity index (χ0) is 19.1. The highest BCUT2D eigenvalue weighted by molar-refractivity contribution is 7.98. The van der Waals surface area contributed by atoms with Gasteiger partial charge in [-0.05, 0) is 36.6 Å². The van der Waals surface area contributed by atoms with Gasteiger partial charge in [0.1, 0.15) is 12.4 Å². The van der Waals surface area contributed by atoms with Crippen LogP contribution in [0.2, 0.25) is 0 Å². The van der Waals surface area contributed by atoms with Crippen LogP contribution in [0.25, 0.3) is 0 Å². The fourth-order valence-electron chi connectivity index (χ4n) is 2.38. The van der Waals surface area contributed by atoms with Crippen LogP contribution in [0, 0.1) is 4.91 Å². The predicted molar refractivity (Wildman–Crippen MR) is 102 cm³/mol. The summed E-state index contributed by atoms with van der Waals surface area (Å²) in [7, 11) is 0. The van der Waals surface area contributed by atoms with Crippen molar-refractivity contribution >= 4 is 17.5 Å². The van der Waals surface area contributed by atoms with Crippen LogP contribution in [0.4, 0.5) is 0 Å². The molecule has 0 spiro atoms. The van der Waals surface area contributed by atoms with Crippen molar-refractivity contribution in [1.29, 1.82) is 0 Å². The zero-order valence-electron chi connectivity index (χ0n) is 14.5. The number of hydrogen-bond donors (Lipinski definition) is 0. The van der Waals surface area contributed by atoms with Gasteiger partial charge in [-0.15, -0.1) is 4.91 Å². The van der Waals surface area contributed by atoms with Crippen LogP contribution in [0.3, 0.4) is 0 Å². The van der Waals surface area contributed by atoms with E-state index < -0.39 is 11.8 Å². The van der Waals surface area contributed by atoms with E-state index in [0.29, 0.717) is 16.5 Å². The number of nitroso groups, excluding NO2 is 1. The predicted octanol–water partition coefficient (Wildman–Crippen LogP) is 3.86. The molecule has 136 valence electrons. The van der Waals surface area contributed by atoms with Gasteiger partial charge in [0.15, 0.2) is 17.0 Å². The lowest BCUT2D eigenvalue weighted by molar-refractivity contribution is 0.0959. The molecule has 2 aromatic heterocycles. The maximum atomic E-state index is 12.8. The maximum Gasteiger partial charge on any atom is 0.197 e. The Labute approximate surface area is 160 Å². The smallest absolute Gasteiger partial charge is 0.197 e. The number of carbonyl (C=O) groups is 1. The van der Waals surface area contributed by atoms with E-state index in [9.17, 15) is 9.70 Å². The van der Waals surface area contributed by atoms with E-state index in [4.69, 9.17) is 4.74 Å². The molecule has 3 rings (SSSR count). The molecule has 1 atom stereocenters. The first-order chi connectivity index (χ1) is 13.2. The molecule has 0 saturated carbocycles. The zero-order valence-corrected chi connectivity index (χ0v) is 15.3. The van der Waals surface area contributed by atoms with Crippen molar-refractivity contribution in [2.24, 2.45) is 5.18 Å². The molecule has 27 heavy (non-hydrogen) atoms. The molecule has 1 aromatic carbocycles. The quantitative estimate of drug-likeness (QED) is 0.253. The fourth-order valence-corrected chi connectivity index (χ4v) is 2.74. The van der Waals surface area contributed by atoms with Gasteiger partial charge in [0, 0.05) is 18.0 Å². The van der Waals surface area contributed by atoms with Crippen molar-refractivity contribution in [3.8, 4) is 5.75 Å². The number of pyridine rings is 1. The molecule has 0 fully saturated rings. The average molecular weight is 380 g/mol. The van der Waals surface area contributed by atoms with Gasteiger partial charge in [0.2, 0.25) is 0 Å². The Morgan fingerprint density at radius 1 is 1.15 bits per heavy atom. The summed E-state index contributed by atoms with van der Waals surface area (Å²) < 4.78 is 5.69. The van der Waals surface area contributed by atoms with Crippen molar-refractivity contribution < 1.29 is 9.53 Å². The third-order valence-corrected chi connectivity index (χ3v) is 4.26. The number of thioether (sulfide) groups is 1. The molecule has 3 aromatic rings. The summed E-state index contributed by atoms with van der Waals surface area (Å²) in [6.45, 7) is 0.275. The standard InChI is InChI=1S/C19H16N4O3S/c1-27-19-21-10-8-16(22-19)17(23-25)18(24)13-5-4-7-15(11-13)26-12-14-6-2-3-9-20-14/h2-11,17H,12H2,1H3. The number of hydrogen-bond acceptors (Lipinski definition) is 8. The lowest BCUT2D eigenvalue weighted by Gasteiger charge is -2.10. The monoisotopic (exact) mass is 380 g/mol. The highest BCUT2D eigenvalue weighted by atomic mass is 32.2. The Bertz CT molecular complexity index is 937. The van der Waals surface area contributed by atoms with Crippen LogP contribution in [0.15, 0.2) is 71.3 Å². The second kappa shape index (κ2) is 9.00. The highest BCUT2D eigenvalue weighted by Gasteiger charge is 2.25. The number of aromatic nitrogens is 3. The van der Waals surface area contributed by atoms with Crippen LogP contribution in [-0.2, 0) is 6.61 Å². The van der Waals surface area contributed by atoms with E-state index in [0.717, 1.165) is 5.69 Å². The fraction of sp³-hybridized carbons (Fsp3) is 0.158. The van der Waals surface area contributed by atoms with E-state index in [1.54, 1.807) is 30.5 Å². The molecule has 7 nitrogen and oxygen atoms in total. The highest BCUT2D eigenvalue weighted by Crippen LogP contribution is 2.24. The molecule has 0 N–H and O–H groups in total. The van der Waals surface area contributed by atoms with Crippen LogP contribution in [-0.4, -0.2) is 27.0 Å². The molecule has 1 unspecified atom stereocenters. The summed E-state index contributed by atoms with van der Waals surface area (Å²) in [6.07, 6.45) is 5.00.